The van der Waals surface area contributed by atoms with Crippen LogP contribution in [0.5, 0.6) is 0 Å². The Morgan fingerprint density at radius 2 is 2.27 bits per heavy atom. The maximum Gasteiger partial charge on any atom is 0.226 e. The van der Waals surface area contributed by atoms with Crippen molar-refractivity contribution >= 4 is 40.7 Å². The van der Waals surface area contributed by atoms with Gasteiger partial charge in [0.2, 0.25) is 11.8 Å². The molecule has 2 aromatic rings. The van der Waals surface area contributed by atoms with Gasteiger partial charge in [-0.3, -0.25) is 9.59 Å². The summed E-state index contributed by atoms with van der Waals surface area (Å²) in [7, 11) is 0. The highest BCUT2D eigenvalue weighted by molar-refractivity contribution is 7.14. The van der Waals surface area contributed by atoms with Crippen molar-refractivity contribution in [1.82, 2.24) is 15.6 Å². The molecule has 0 aromatic carbocycles. The molecule has 7 nitrogen and oxygen atoms in total. The highest BCUT2D eigenvalue weighted by Crippen LogP contribution is 2.27. The van der Waals surface area contributed by atoms with Crippen LogP contribution in [0.1, 0.15) is 31.9 Å². The Labute approximate surface area is 162 Å². The molecule has 3 N–H and O–H groups in total. The van der Waals surface area contributed by atoms with Crippen LogP contribution in [0.25, 0.3) is 11.5 Å². The fourth-order valence-electron chi connectivity index (χ4n) is 2.74. The van der Waals surface area contributed by atoms with E-state index in [1.54, 1.807) is 6.07 Å². The number of amides is 2. The van der Waals surface area contributed by atoms with E-state index in [2.05, 4.69) is 20.9 Å². The summed E-state index contributed by atoms with van der Waals surface area (Å²) in [6.45, 7) is 3.87. The SMILES string of the molecule is CC(=O)NCc1ccc(-c2csc(NC(=O)CCC3CCNC3)n2)o1.Cl. The fourth-order valence-corrected chi connectivity index (χ4v) is 3.46. The molecule has 0 saturated carbocycles. The second kappa shape index (κ2) is 9.70. The van der Waals surface area contributed by atoms with Crippen molar-refractivity contribution < 1.29 is 14.0 Å². The predicted octanol–water partition coefficient (Wildman–Crippen LogP) is 2.79. The molecule has 1 saturated heterocycles. The Bertz CT molecular complexity index is 740. The van der Waals surface area contributed by atoms with Crippen LogP contribution in [0, 0.1) is 5.92 Å². The molecule has 3 heterocycles. The number of anilines is 1. The lowest BCUT2D eigenvalue weighted by molar-refractivity contribution is -0.119. The number of aromatic nitrogens is 1. The van der Waals surface area contributed by atoms with Gasteiger partial charge in [0.15, 0.2) is 10.9 Å². The van der Waals surface area contributed by atoms with Crippen LogP contribution in [-0.2, 0) is 16.1 Å². The molecule has 2 amide bonds. The molecule has 1 aliphatic rings. The summed E-state index contributed by atoms with van der Waals surface area (Å²) in [5.74, 6) is 1.77. The number of furan rings is 1. The summed E-state index contributed by atoms with van der Waals surface area (Å²) < 4.78 is 5.66. The molecule has 1 unspecified atom stereocenters. The molecule has 142 valence electrons. The topological polar surface area (TPSA) is 96.3 Å². The third kappa shape index (κ3) is 5.82. The molecule has 26 heavy (non-hydrogen) atoms. The highest BCUT2D eigenvalue weighted by atomic mass is 35.5. The summed E-state index contributed by atoms with van der Waals surface area (Å²) in [6, 6.07) is 3.61. The lowest BCUT2D eigenvalue weighted by Crippen LogP contribution is -2.18. The van der Waals surface area contributed by atoms with Gasteiger partial charge in [-0.2, -0.15) is 0 Å². The van der Waals surface area contributed by atoms with E-state index in [4.69, 9.17) is 4.42 Å². The Morgan fingerprint density at radius 1 is 1.42 bits per heavy atom. The van der Waals surface area contributed by atoms with Crippen LogP contribution in [-0.4, -0.2) is 29.9 Å². The first kappa shape index (κ1) is 20.4. The predicted molar refractivity (Wildman–Crippen MR) is 103 cm³/mol. The Balaban J connectivity index is 0.00000243. The summed E-state index contributed by atoms with van der Waals surface area (Å²) >= 11 is 1.37. The minimum atomic E-state index is -0.106. The maximum absolute atomic E-state index is 12.0. The van der Waals surface area contributed by atoms with Gasteiger partial charge in [0, 0.05) is 18.7 Å². The summed E-state index contributed by atoms with van der Waals surface area (Å²) in [5.41, 5.74) is 0.675. The van der Waals surface area contributed by atoms with E-state index in [-0.39, 0.29) is 24.2 Å². The lowest BCUT2D eigenvalue weighted by atomic mass is 10.0. The average molecular weight is 399 g/mol. The van der Waals surface area contributed by atoms with Crippen molar-refractivity contribution in [3.05, 3.63) is 23.3 Å². The molecule has 1 aliphatic heterocycles. The van der Waals surface area contributed by atoms with E-state index in [9.17, 15) is 9.59 Å². The van der Waals surface area contributed by atoms with Gasteiger partial charge in [-0.1, -0.05) is 0 Å². The number of halogens is 1. The van der Waals surface area contributed by atoms with E-state index in [1.165, 1.54) is 18.3 Å². The van der Waals surface area contributed by atoms with Crippen LogP contribution in [0.3, 0.4) is 0 Å². The van der Waals surface area contributed by atoms with Crippen LogP contribution in [0.15, 0.2) is 21.9 Å². The Kier molecular flexibility index (Phi) is 7.62. The number of nitrogens with one attached hydrogen (secondary N) is 3. The van der Waals surface area contributed by atoms with Gasteiger partial charge in [0.1, 0.15) is 11.5 Å². The summed E-state index contributed by atoms with van der Waals surface area (Å²) in [6.07, 6.45) is 2.57. The second-order valence-corrected chi connectivity index (χ2v) is 7.02. The third-order valence-corrected chi connectivity index (χ3v) is 4.88. The number of hydrogen-bond acceptors (Lipinski definition) is 6. The zero-order chi connectivity index (χ0) is 17.6. The lowest BCUT2D eigenvalue weighted by Gasteiger charge is -2.06. The second-order valence-electron chi connectivity index (χ2n) is 6.16. The fraction of sp³-hybridized carbons (Fsp3) is 0.471. The van der Waals surface area contributed by atoms with Crippen molar-refractivity contribution in [3.63, 3.8) is 0 Å². The van der Waals surface area contributed by atoms with Crippen LogP contribution >= 0.6 is 23.7 Å². The molecule has 2 aromatic heterocycles. The van der Waals surface area contributed by atoms with E-state index >= 15 is 0 Å². The number of rotatable bonds is 7. The van der Waals surface area contributed by atoms with Gasteiger partial charge >= 0.3 is 0 Å². The average Bonchev–Trinajstić information content (AvgIpc) is 3.32. The van der Waals surface area contributed by atoms with Gasteiger partial charge in [-0.15, -0.1) is 23.7 Å². The molecule has 0 bridgehead atoms. The van der Waals surface area contributed by atoms with E-state index in [0.717, 1.165) is 25.9 Å². The molecule has 0 aliphatic carbocycles. The van der Waals surface area contributed by atoms with Gasteiger partial charge in [0.25, 0.3) is 0 Å². The number of hydrogen-bond donors (Lipinski definition) is 3. The molecule has 3 rings (SSSR count). The maximum atomic E-state index is 12.0. The molecule has 0 spiro atoms. The van der Waals surface area contributed by atoms with E-state index < -0.39 is 0 Å². The van der Waals surface area contributed by atoms with E-state index in [0.29, 0.717) is 41.2 Å². The number of carbonyl (C=O) groups excluding carboxylic acids is 2. The van der Waals surface area contributed by atoms with Crippen LogP contribution in [0.4, 0.5) is 5.13 Å². The Morgan fingerprint density at radius 3 is 3.00 bits per heavy atom. The van der Waals surface area contributed by atoms with Crippen molar-refractivity contribution in [3.8, 4) is 11.5 Å². The zero-order valence-electron chi connectivity index (χ0n) is 14.5. The van der Waals surface area contributed by atoms with Gasteiger partial charge in [-0.25, -0.2) is 4.98 Å². The number of carbonyl (C=O) groups is 2. The number of thiazole rings is 1. The van der Waals surface area contributed by atoms with Crippen molar-refractivity contribution in [2.45, 2.75) is 32.7 Å². The molecule has 9 heteroatoms. The van der Waals surface area contributed by atoms with Crippen molar-refractivity contribution in [1.29, 1.82) is 0 Å². The smallest absolute Gasteiger partial charge is 0.226 e. The third-order valence-electron chi connectivity index (χ3n) is 4.12. The van der Waals surface area contributed by atoms with Crippen molar-refractivity contribution in [2.75, 3.05) is 18.4 Å². The standard InChI is InChI=1S/C17H22N4O3S.ClH/c1-11(22)19-9-13-3-4-15(24-13)14-10-25-17(20-14)21-16(23)5-2-12-6-7-18-8-12;/h3-4,10,12,18H,2,5-9H2,1H3,(H,19,22)(H,20,21,23);1H. The largest absolute Gasteiger partial charge is 0.458 e. The first-order valence-electron chi connectivity index (χ1n) is 8.40. The first-order chi connectivity index (χ1) is 12.1. The highest BCUT2D eigenvalue weighted by Gasteiger charge is 2.16. The molecule has 1 fully saturated rings. The monoisotopic (exact) mass is 398 g/mol. The van der Waals surface area contributed by atoms with Gasteiger partial charge in [-0.05, 0) is 44.0 Å². The molecular weight excluding hydrogens is 376 g/mol. The summed E-state index contributed by atoms with van der Waals surface area (Å²) in [4.78, 5) is 27.4. The quantitative estimate of drug-likeness (QED) is 0.666. The normalized spacial score (nSPS) is 16.1. The summed E-state index contributed by atoms with van der Waals surface area (Å²) in [5, 5.41) is 11.3. The number of nitrogens with zero attached hydrogens (tertiary/aromatic N) is 1. The Hall–Kier alpha value is -1.90. The van der Waals surface area contributed by atoms with E-state index in [1.807, 2.05) is 11.4 Å². The van der Waals surface area contributed by atoms with Crippen LogP contribution in [0.2, 0.25) is 0 Å². The first-order valence-corrected chi connectivity index (χ1v) is 9.28. The van der Waals surface area contributed by atoms with Crippen LogP contribution < -0.4 is 16.0 Å². The minimum Gasteiger partial charge on any atom is -0.458 e. The van der Waals surface area contributed by atoms with Crippen molar-refractivity contribution in [2.24, 2.45) is 5.92 Å². The van der Waals surface area contributed by atoms with Gasteiger partial charge in [0.05, 0.1) is 6.54 Å². The molecule has 0 radical (unpaired) electrons. The minimum absolute atomic E-state index is 0. The van der Waals surface area contributed by atoms with Gasteiger partial charge < -0.3 is 20.4 Å². The zero-order valence-corrected chi connectivity index (χ0v) is 16.2. The molecular formula is C17H23ClN4O3S. The molecule has 1 atom stereocenters.